The van der Waals surface area contributed by atoms with Crippen molar-refractivity contribution in [2.45, 2.75) is 32.5 Å². The monoisotopic (exact) mass is 489 g/mol. The minimum Gasteiger partial charge on any atom is -0.454 e. The maximum atomic E-state index is 13.3. The minimum atomic E-state index is -0.469. The lowest BCUT2D eigenvalue weighted by molar-refractivity contribution is -0.121. The molecule has 0 unspecified atom stereocenters. The summed E-state index contributed by atoms with van der Waals surface area (Å²) >= 11 is 0. The van der Waals surface area contributed by atoms with Crippen LogP contribution < -0.4 is 26.0 Å². The number of hydrogen-bond donors (Lipinski definition) is 1. The lowest BCUT2D eigenvalue weighted by atomic mass is 10.2. The number of rotatable bonds is 8. The van der Waals surface area contributed by atoms with E-state index >= 15 is 0 Å². The van der Waals surface area contributed by atoms with E-state index in [2.05, 4.69) is 5.32 Å². The van der Waals surface area contributed by atoms with Gasteiger partial charge in [0.25, 0.3) is 5.56 Å². The molecule has 1 aromatic heterocycles. The summed E-state index contributed by atoms with van der Waals surface area (Å²) in [6.07, 6.45) is 0.470. The van der Waals surface area contributed by atoms with E-state index in [-0.39, 0.29) is 38.0 Å². The number of hydrogen-bond acceptors (Lipinski definition) is 5. The van der Waals surface area contributed by atoms with Crippen molar-refractivity contribution in [3.05, 3.63) is 105 Å². The molecule has 1 aliphatic rings. The van der Waals surface area contributed by atoms with E-state index < -0.39 is 11.2 Å². The molecule has 8 nitrogen and oxygen atoms in total. The zero-order valence-corrected chi connectivity index (χ0v) is 19.4. The molecule has 0 saturated heterocycles. The Morgan fingerprint density at radius 2 is 1.67 bits per heavy atom. The van der Waals surface area contributed by atoms with Gasteiger partial charge in [0.2, 0.25) is 12.7 Å². The highest BCUT2D eigenvalue weighted by Gasteiger charge is 2.15. The van der Waals surface area contributed by atoms with Crippen LogP contribution in [0.1, 0.15) is 24.0 Å². The van der Waals surface area contributed by atoms with E-state index in [1.807, 2.05) is 12.1 Å². The number of ether oxygens (including phenoxy) is 2. The second-order valence-electron chi connectivity index (χ2n) is 8.54. The molecule has 1 N–H and O–H groups in total. The van der Waals surface area contributed by atoms with Crippen LogP contribution in [0.3, 0.4) is 0 Å². The molecule has 3 aromatic carbocycles. The number of amides is 1. The fourth-order valence-corrected chi connectivity index (χ4v) is 4.23. The van der Waals surface area contributed by atoms with Gasteiger partial charge in [0.15, 0.2) is 11.5 Å². The van der Waals surface area contributed by atoms with Crippen molar-refractivity contribution >= 4 is 16.8 Å². The van der Waals surface area contributed by atoms with Crippen LogP contribution in [-0.4, -0.2) is 21.8 Å². The molecule has 0 radical (unpaired) electrons. The van der Waals surface area contributed by atoms with E-state index in [4.69, 9.17) is 9.47 Å². The predicted octanol–water partition coefficient (Wildman–Crippen LogP) is 3.18. The average Bonchev–Trinajstić information content (AvgIpc) is 3.36. The van der Waals surface area contributed by atoms with E-state index in [1.165, 1.54) is 16.7 Å². The van der Waals surface area contributed by atoms with Gasteiger partial charge in [-0.15, -0.1) is 0 Å². The molecule has 0 bridgehead atoms. The number of benzene rings is 3. The number of halogens is 1. The Balaban J connectivity index is 1.28. The molecule has 5 rings (SSSR count). The van der Waals surface area contributed by atoms with Crippen molar-refractivity contribution in [2.24, 2.45) is 0 Å². The van der Waals surface area contributed by atoms with Gasteiger partial charge in [0, 0.05) is 19.5 Å². The Bertz CT molecular complexity index is 1540. The second-order valence-corrected chi connectivity index (χ2v) is 8.54. The van der Waals surface area contributed by atoms with Crippen LogP contribution in [0.4, 0.5) is 4.39 Å². The second kappa shape index (κ2) is 10.1. The van der Waals surface area contributed by atoms with Crippen LogP contribution in [0, 0.1) is 5.82 Å². The van der Waals surface area contributed by atoms with Crippen molar-refractivity contribution in [3.8, 4) is 11.5 Å². The van der Waals surface area contributed by atoms with Gasteiger partial charge in [0.1, 0.15) is 5.82 Å². The molecule has 2 heterocycles. The molecule has 0 fully saturated rings. The topological polar surface area (TPSA) is 91.6 Å². The summed E-state index contributed by atoms with van der Waals surface area (Å²) in [6.45, 7) is 0.806. The van der Waals surface area contributed by atoms with E-state index in [1.54, 1.807) is 42.5 Å². The lowest BCUT2D eigenvalue weighted by Gasteiger charge is -2.14. The molecule has 0 spiro atoms. The SMILES string of the molecule is O=C(CCCn1c(=O)c2ccccc2n(Cc2ccc(F)cc2)c1=O)NCc1ccc2c(c1)OCO2. The smallest absolute Gasteiger partial charge is 0.331 e. The maximum absolute atomic E-state index is 13.3. The summed E-state index contributed by atoms with van der Waals surface area (Å²) in [6, 6.07) is 18.2. The Labute approximate surface area is 205 Å². The lowest BCUT2D eigenvalue weighted by Crippen LogP contribution is -2.40. The Kier molecular flexibility index (Phi) is 6.53. The third kappa shape index (κ3) is 4.86. The van der Waals surface area contributed by atoms with Crippen LogP contribution >= 0.6 is 0 Å². The number of nitrogens with zero attached hydrogens (tertiary/aromatic N) is 2. The normalized spacial score (nSPS) is 12.1. The highest BCUT2D eigenvalue weighted by Crippen LogP contribution is 2.32. The van der Waals surface area contributed by atoms with Crippen molar-refractivity contribution in [2.75, 3.05) is 6.79 Å². The maximum Gasteiger partial charge on any atom is 0.331 e. The Morgan fingerprint density at radius 1 is 0.917 bits per heavy atom. The van der Waals surface area contributed by atoms with Crippen molar-refractivity contribution in [3.63, 3.8) is 0 Å². The highest BCUT2D eigenvalue weighted by molar-refractivity contribution is 5.78. The summed E-state index contributed by atoms with van der Waals surface area (Å²) in [5.74, 6) is 0.774. The van der Waals surface area contributed by atoms with E-state index in [0.717, 1.165) is 15.7 Å². The average molecular weight is 490 g/mol. The first-order valence-electron chi connectivity index (χ1n) is 11.6. The number of para-hydroxylation sites is 1. The van der Waals surface area contributed by atoms with E-state index in [9.17, 15) is 18.8 Å². The fourth-order valence-electron chi connectivity index (χ4n) is 4.23. The minimum absolute atomic E-state index is 0.101. The molecule has 36 heavy (non-hydrogen) atoms. The molecule has 9 heteroatoms. The highest BCUT2D eigenvalue weighted by atomic mass is 19.1. The first kappa shape index (κ1) is 23.3. The molecule has 0 aliphatic carbocycles. The number of nitrogens with one attached hydrogen (secondary N) is 1. The largest absolute Gasteiger partial charge is 0.454 e. The van der Waals surface area contributed by atoms with Gasteiger partial charge >= 0.3 is 5.69 Å². The third-order valence-corrected chi connectivity index (χ3v) is 6.10. The van der Waals surface area contributed by atoms with Gasteiger partial charge in [-0.2, -0.15) is 0 Å². The van der Waals surface area contributed by atoms with Gasteiger partial charge in [-0.05, 0) is 53.9 Å². The quantitative estimate of drug-likeness (QED) is 0.411. The zero-order chi connectivity index (χ0) is 25.1. The molecule has 0 saturated carbocycles. The Morgan fingerprint density at radius 3 is 2.50 bits per heavy atom. The summed E-state index contributed by atoms with van der Waals surface area (Å²) in [5, 5.41) is 3.26. The molecule has 4 aromatic rings. The van der Waals surface area contributed by atoms with Crippen LogP contribution in [0.25, 0.3) is 10.9 Å². The fraction of sp³-hybridized carbons (Fsp3) is 0.222. The first-order valence-corrected chi connectivity index (χ1v) is 11.6. The molecular formula is C27H24FN3O5. The first-order chi connectivity index (χ1) is 17.5. The van der Waals surface area contributed by atoms with Crippen LogP contribution in [0.2, 0.25) is 0 Å². The van der Waals surface area contributed by atoms with Gasteiger partial charge in [0.05, 0.1) is 17.4 Å². The molecule has 0 atom stereocenters. The van der Waals surface area contributed by atoms with Crippen LogP contribution in [-0.2, 0) is 24.4 Å². The van der Waals surface area contributed by atoms with Crippen molar-refractivity contribution in [1.29, 1.82) is 0 Å². The Hall–Kier alpha value is -4.40. The molecule has 1 aliphatic heterocycles. The van der Waals surface area contributed by atoms with Gasteiger partial charge in [-0.25, -0.2) is 9.18 Å². The zero-order valence-electron chi connectivity index (χ0n) is 19.4. The van der Waals surface area contributed by atoms with Gasteiger partial charge in [-0.3, -0.25) is 18.7 Å². The number of aromatic nitrogens is 2. The molecular weight excluding hydrogens is 465 g/mol. The van der Waals surface area contributed by atoms with Crippen molar-refractivity contribution < 1.29 is 18.7 Å². The third-order valence-electron chi connectivity index (χ3n) is 6.10. The van der Waals surface area contributed by atoms with Crippen LogP contribution in [0.5, 0.6) is 11.5 Å². The molecule has 184 valence electrons. The van der Waals surface area contributed by atoms with Crippen LogP contribution in [0.15, 0.2) is 76.3 Å². The predicted molar refractivity (Wildman–Crippen MR) is 132 cm³/mol. The van der Waals surface area contributed by atoms with Gasteiger partial charge < -0.3 is 14.8 Å². The number of carbonyl (C=O) groups is 1. The summed E-state index contributed by atoms with van der Waals surface area (Å²) < 4.78 is 26.6. The summed E-state index contributed by atoms with van der Waals surface area (Å²) in [7, 11) is 0. The number of carbonyl (C=O) groups excluding carboxylic acids is 1. The standard InChI is InChI=1S/C27H24FN3O5/c28-20-10-7-18(8-11-20)16-31-22-5-2-1-4-21(22)26(33)30(27(31)34)13-3-6-25(32)29-15-19-9-12-23-24(14-19)36-17-35-23/h1-2,4-5,7-12,14H,3,6,13,15-17H2,(H,29,32). The van der Waals surface area contributed by atoms with Crippen molar-refractivity contribution in [1.82, 2.24) is 14.5 Å². The summed E-state index contributed by atoms with van der Waals surface area (Å²) in [4.78, 5) is 38.7. The van der Waals surface area contributed by atoms with E-state index in [0.29, 0.717) is 35.4 Å². The van der Waals surface area contributed by atoms with Gasteiger partial charge in [-0.1, -0.05) is 30.3 Å². The molecule has 1 amide bonds. The summed E-state index contributed by atoms with van der Waals surface area (Å²) in [5.41, 5.74) is 1.25. The number of fused-ring (bicyclic) bond motifs is 2.